The van der Waals surface area contributed by atoms with Gasteiger partial charge in [-0.1, -0.05) is 30.3 Å². The Morgan fingerprint density at radius 1 is 1.02 bits per heavy atom. The van der Waals surface area contributed by atoms with Gasteiger partial charge in [-0.15, -0.1) is 0 Å². The molecule has 0 aliphatic carbocycles. The molecular weight excluding hydrogens is 522 g/mol. The second-order valence-electron chi connectivity index (χ2n) is 9.98. The number of benzene rings is 2. The fourth-order valence-corrected chi connectivity index (χ4v) is 4.87. The molecule has 0 spiro atoms. The monoisotopic (exact) mass is 559 g/mol. The second kappa shape index (κ2) is 15.5. The Balaban J connectivity index is 1.51. The first-order valence-electron chi connectivity index (χ1n) is 13.9. The van der Waals surface area contributed by atoms with Crippen LogP contribution in [0.5, 0.6) is 5.75 Å². The average molecular weight is 560 g/mol. The maximum atomic E-state index is 13.0. The number of methoxy groups -OCH3 is 1. The molecule has 1 saturated heterocycles. The predicted molar refractivity (Wildman–Crippen MR) is 154 cm³/mol. The Labute approximate surface area is 240 Å². The van der Waals surface area contributed by atoms with E-state index >= 15 is 0 Å². The first kappa shape index (κ1) is 29.7. The Morgan fingerprint density at radius 3 is 2.63 bits per heavy atom. The lowest BCUT2D eigenvalue weighted by atomic mass is 9.91. The van der Waals surface area contributed by atoms with E-state index in [9.17, 15) is 14.4 Å². The van der Waals surface area contributed by atoms with E-state index in [4.69, 9.17) is 9.47 Å². The van der Waals surface area contributed by atoms with Crippen molar-refractivity contribution in [1.29, 1.82) is 0 Å². The van der Waals surface area contributed by atoms with Crippen LogP contribution in [0.2, 0.25) is 0 Å². The summed E-state index contributed by atoms with van der Waals surface area (Å²) in [5.41, 5.74) is 3.50. The van der Waals surface area contributed by atoms with Crippen molar-refractivity contribution >= 4 is 17.8 Å². The zero-order valence-corrected chi connectivity index (χ0v) is 23.4. The number of hydrogen-bond acceptors (Lipinski definition) is 8. The van der Waals surface area contributed by atoms with Gasteiger partial charge in [-0.05, 0) is 48.9 Å². The summed E-state index contributed by atoms with van der Waals surface area (Å²) in [5.74, 6) is 0.173. The normalized spacial score (nSPS) is 17.5. The SMILES string of the molecule is COC(=O)COc1ccc(-c2cnccn2)cc1CN1CCCNC(=O)CCC(c2ccccc2)CCNC(=O)C1. The molecule has 0 radical (unpaired) electrons. The Bertz CT molecular complexity index is 1290. The highest BCUT2D eigenvalue weighted by atomic mass is 16.6. The molecule has 0 bridgehead atoms. The van der Waals surface area contributed by atoms with Crippen molar-refractivity contribution in [3.63, 3.8) is 0 Å². The average Bonchev–Trinajstić information content (AvgIpc) is 3.00. The number of carbonyl (C=O) groups excluding carboxylic acids is 3. The van der Waals surface area contributed by atoms with Crippen LogP contribution in [0, 0.1) is 0 Å². The number of aromatic nitrogens is 2. The van der Waals surface area contributed by atoms with Crippen molar-refractivity contribution in [3.8, 4) is 17.0 Å². The molecule has 1 aliphatic heterocycles. The third-order valence-electron chi connectivity index (χ3n) is 7.03. The molecule has 1 atom stereocenters. The Kier molecular flexibility index (Phi) is 11.2. The van der Waals surface area contributed by atoms with E-state index in [0.29, 0.717) is 50.5 Å². The Hall–Kier alpha value is -4.31. The minimum Gasteiger partial charge on any atom is -0.482 e. The number of ether oxygens (including phenoxy) is 2. The molecule has 0 saturated carbocycles. The molecule has 216 valence electrons. The van der Waals surface area contributed by atoms with Gasteiger partial charge in [0.15, 0.2) is 6.61 Å². The van der Waals surface area contributed by atoms with Gasteiger partial charge in [0.25, 0.3) is 0 Å². The van der Waals surface area contributed by atoms with Gasteiger partial charge >= 0.3 is 5.97 Å². The van der Waals surface area contributed by atoms with E-state index in [-0.39, 0.29) is 30.9 Å². The number of esters is 1. The Morgan fingerprint density at radius 2 is 1.85 bits per heavy atom. The number of rotatable bonds is 7. The molecule has 2 amide bonds. The van der Waals surface area contributed by atoms with Crippen LogP contribution in [0.25, 0.3) is 11.3 Å². The fourth-order valence-electron chi connectivity index (χ4n) is 4.87. The van der Waals surface area contributed by atoms with Crippen molar-refractivity contribution in [2.45, 2.75) is 38.1 Å². The molecule has 1 unspecified atom stereocenters. The van der Waals surface area contributed by atoms with Crippen LogP contribution in [0.4, 0.5) is 0 Å². The summed E-state index contributed by atoms with van der Waals surface area (Å²) in [6.07, 6.45) is 7.49. The smallest absolute Gasteiger partial charge is 0.343 e. The minimum absolute atomic E-state index is 0.0359. The summed E-state index contributed by atoms with van der Waals surface area (Å²) >= 11 is 0. The molecule has 2 N–H and O–H groups in total. The summed E-state index contributed by atoms with van der Waals surface area (Å²) in [7, 11) is 1.31. The molecule has 1 fully saturated rings. The van der Waals surface area contributed by atoms with Crippen molar-refractivity contribution in [2.75, 3.05) is 39.9 Å². The lowest BCUT2D eigenvalue weighted by Gasteiger charge is -2.25. The fraction of sp³-hybridized carbons (Fsp3) is 0.387. The summed E-state index contributed by atoms with van der Waals surface area (Å²) in [4.78, 5) is 47.9. The zero-order valence-electron chi connectivity index (χ0n) is 23.4. The lowest BCUT2D eigenvalue weighted by molar-refractivity contribution is -0.143. The van der Waals surface area contributed by atoms with Crippen LogP contribution in [-0.2, 0) is 25.7 Å². The van der Waals surface area contributed by atoms with Gasteiger partial charge in [-0.2, -0.15) is 0 Å². The predicted octanol–water partition coefficient (Wildman–Crippen LogP) is 3.09. The number of amides is 2. The van der Waals surface area contributed by atoms with Crippen molar-refractivity contribution < 1.29 is 23.9 Å². The van der Waals surface area contributed by atoms with Gasteiger partial charge in [-0.25, -0.2) is 4.79 Å². The molecule has 4 rings (SSSR count). The third-order valence-corrected chi connectivity index (χ3v) is 7.03. The van der Waals surface area contributed by atoms with E-state index in [1.54, 1.807) is 24.7 Å². The number of nitrogens with one attached hydrogen (secondary N) is 2. The van der Waals surface area contributed by atoms with Crippen molar-refractivity contribution in [1.82, 2.24) is 25.5 Å². The largest absolute Gasteiger partial charge is 0.482 e. The molecule has 2 heterocycles. The molecule has 10 heteroatoms. The highest BCUT2D eigenvalue weighted by Crippen LogP contribution is 2.27. The van der Waals surface area contributed by atoms with Gasteiger partial charge in [-0.3, -0.25) is 24.5 Å². The summed E-state index contributed by atoms with van der Waals surface area (Å²) in [5, 5.41) is 6.10. The van der Waals surface area contributed by atoms with Crippen LogP contribution in [0.3, 0.4) is 0 Å². The van der Waals surface area contributed by atoms with Gasteiger partial charge < -0.3 is 20.1 Å². The van der Waals surface area contributed by atoms with E-state index in [2.05, 4.69) is 32.7 Å². The van der Waals surface area contributed by atoms with Gasteiger partial charge in [0.05, 0.1) is 25.5 Å². The molecule has 10 nitrogen and oxygen atoms in total. The second-order valence-corrected chi connectivity index (χ2v) is 9.98. The molecule has 1 aromatic heterocycles. The van der Waals surface area contributed by atoms with E-state index in [0.717, 1.165) is 24.0 Å². The van der Waals surface area contributed by atoms with Crippen LogP contribution < -0.4 is 15.4 Å². The quantitative estimate of drug-likeness (QED) is 0.424. The lowest BCUT2D eigenvalue weighted by Crippen LogP contribution is -2.39. The molecule has 41 heavy (non-hydrogen) atoms. The summed E-state index contributed by atoms with van der Waals surface area (Å²) in [6.45, 7) is 1.94. The molecule has 3 aromatic rings. The van der Waals surface area contributed by atoms with Gasteiger partial charge in [0.2, 0.25) is 11.8 Å². The summed E-state index contributed by atoms with van der Waals surface area (Å²) < 4.78 is 10.5. The maximum absolute atomic E-state index is 13.0. The van der Waals surface area contributed by atoms with E-state index in [1.165, 1.54) is 12.7 Å². The van der Waals surface area contributed by atoms with Crippen LogP contribution in [-0.4, -0.2) is 72.5 Å². The highest BCUT2D eigenvalue weighted by Gasteiger charge is 2.19. The zero-order chi connectivity index (χ0) is 28.9. The third kappa shape index (κ3) is 9.39. The van der Waals surface area contributed by atoms with Crippen molar-refractivity contribution in [3.05, 3.63) is 78.2 Å². The van der Waals surface area contributed by atoms with Crippen LogP contribution in [0.1, 0.15) is 42.7 Å². The first-order chi connectivity index (χ1) is 20.0. The molecule has 1 aliphatic rings. The number of hydrogen-bond donors (Lipinski definition) is 2. The van der Waals surface area contributed by atoms with E-state index in [1.807, 2.05) is 35.2 Å². The molecule has 2 aromatic carbocycles. The van der Waals surface area contributed by atoms with Gasteiger partial charge in [0.1, 0.15) is 5.75 Å². The highest BCUT2D eigenvalue weighted by molar-refractivity contribution is 5.78. The molecular formula is C31H37N5O5. The standard InChI is InChI=1S/C31H37N5O5/c1-40-31(39)22-41-28-10-8-25(27-19-32-15-16-33-27)18-26(28)20-36-17-5-13-34-29(37)11-9-24(12-14-35-30(38)21-36)23-6-3-2-4-7-23/h2-4,6-8,10,15-16,18-19,24H,5,9,11-14,17,20-22H2,1H3,(H,34,37)(H,35,38). The van der Waals surface area contributed by atoms with Gasteiger partial charge in [0, 0.05) is 56.1 Å². The first-order valence-corrected chi connectivity index (χ1v) is 13.9. The summed E-state index contributed by atoms with van der Waals surface area (Å²) in [6, 6.07) is 15.7. The number of carbonyl (C=O) groups is 3. The number of nitrogens with zero attached hydrogens (tertiary/aromatic N) is 3. The van der Waals surface area contributed by atoms with Crippen LogP contribution >= 0.6 is 0 Å². The van der Waals surface area contributed by atoms with Crippen LogP contribution in [0.15, 0.2) is 67.1 Å². The topological polar surface area (TPSA) is 123 Å². The minimum atomic E-state index is -0.490. The van der Waals surface area contributed by atoms with E-state index < -0.39 is 5.97 Å². The maximum Gasteiger partial charge on any atom is 0.343 e. The van der Waals surface area contributed by atoms with Crippen molar-refractivity contribution in [2.24, 2.45) is 0 Å².